The van der Waals surface area contributed by atoms with Gasteiger partial charge < -0.3 is 10.5 Å². The average molecular weight is 344 g/mol. The van der Waals surface area contributed by atoms with Crippen LogP contribution in [0.3, 0.4) is 0 Å². The van der Waals surface area contributed by atoms with Gasteiger partial charge in [0, 0.05) is 11.5 Å². The lowest BCUT2D eigenvalue weighted by molar-refractivity contribution is -0.00927. The van der Waals surface area contributed by atoms with Crippen LogP contribution in [0.4, 0.5) is 4.79 Å². The minimum Gasteiger partial charge on any atom is -0.443 e. The predicted octanol–water partition coefficient (Wildman–Crippen LogP) is 4.36. The maximum Gasteiger partial charge on any atom is 0.405 e. The third-order valence-electron chi connectivity index (χ3n) is 4.44. The molecule has 3 nitrogen and oxygen atoms in total. The normalized spacial score (nSPS) is 16.0. The summed E-state index contributed by atoms with van der Waals surface area (Å²) in [6.45, 7) is 10.7. The summed E-state index contributed by atoms with van der Waals surface area (Å²) in [7, 11) is -1.35. The molecule has 1 aliphatic rings. The first-order chi connectivity index (χ1) is 11.1. The molecule has 2 N–H and O–H groups in total. The van der Waals surface area contributed by atoms with Gasteiger partial charge in [-0.15, -0.1) is 5.54 Å². The molecule has 1 aliphatic carbocycles. The fourth-order valence-electron chi connectivity index (χ4n) is 3.05. The number of rotatable bonds is 5. The summed E-state index contributed by atoms with van der Waals surface area (Å²) in [5, 5.41) is 0. The number of ether oxygens (including phenoxy) is 1. The van der Waals surface area contributed by atoms with Gasteiger partial charge in [0.05, 0.1) is 0 Å². The van der Waals surface area contributed by atoms with Crippen LogP contribution in [0.5, 0.6) is 0 Å². The van der Waals surface area contributed by atoms with E-state index in [2.05, 4.69) is 55.4 Å². The summed E-state index contributed by atoms with van der Waals surface area (Å²) in [4.78, 5) is 11.2. The van der Waals surface area contributed by atoms with Gasteiger partial charge in [-0.1, -0.05) is 37.7 Å². The standard InChI is InChI=1S/C20H29NO2Si/c1-20(2,23-19(21)22)18(17-10-11-17)14-16-8-6-15(7-9-16)12-13-24(3,4)5/h6-9,17-18H,10-11,14H2,1-5H3,(H2,21,22). The predicted molar refractivity (Wildman–Crippen MR) is 101 cm³/mol. The summed E-state index contributed by atoms with van der Waals surface area (Å²) in [5.74, 6) is 4.19. The fourth-order valence-corrected chi connectivity index (χ4v) is 3.57. The molecule has 0 aliphatic heterocycles. The summed E-state index contributed by atoms with van der Waals surface area (Å²) < 4.78 is 5.39. The smallest absolute Gasteiger partial charge is 0.405 e. The van der Waals surface area contributed by atoms with Crippen LogP contribution in [0.2, 0.25) is 19.6 Å². The Hall–Kier alpha value is -1.73. The quantitative estimate of drug-likeness (QED) is 0.638. The van der Waals surface area contributed by atoms with Crippen molar-refractivity contribution < 1.29 is 9.53 Å². The van der Waals surface area contributed by atoms with Crippen molar-refractivity contribution in [3.05, 3.63) is 35.4 Å². The minimum atomic E-state index is -1.35. The monoisotopic (exact) mass is 343 g/mol. The van der Waals surface area contributed by atoms with E-state index in [4.69, 9.17) is 10.5 Å². The second-order valence-electron chi connectivity index (χ2n) is 8.37. The maximum atomic E-state index is 11.2. The van der Waals surface area contributed by atoms with E-state index < -0.39 is 19.8 Å². The van der Waals surface area contributed by atoms with Crippen LogP contribution in [0.15, 0.2) is 24.3 Å². The molecular formula is C20H29NO2Si. The van der Waals surface area contributed by atoms with Gasteiger partial charge in [-0.3, -0.25) is 0 Å². The molecule has 4 heteroatoms. The highest BCUT2D eigenvalue weighted by Crippen LogP contribution is 2.45. The zero-order chi connectivity index (χ0) is 18.0. The van der Waals surface area contributed by atoms with E-state index >= 15 is 0 Å². The first kappa shape index (κ1) is 18.6. The van der Waals surface area contributed by atoms with Crippen LogP contribution < -0.4 is 5.73 Å². The van der Waals surface area contributed by atoms with E-state index in [0.29, 0.717) is 11.8 Å². The molecule has 0 saturated heterocycles. The van der Waals surface area contributed by atoms with Crippen molar-refractivity contribution in [2.45, 2.75) is 58.4 Å². The number of hydrogen-bond donors (Lipinski definition) is 1. The molecule has 1 fully saturated rings. The van der Waals surface area contributed by atoms with Crippen LogP contribution in [-0.4, -0.2) is 19.8 Å². The van der Waals surface area contributed by atoms with Gasteiger partial charge in [-0.25, -0.2) is 4.79 Å². The van der Waals surface area contributed by atoms with E-state index in [1.807, 2.05) is 13.8 Å². The summed E-state index contributed by atoms with van der Waals surface area (Å²) >= 11 is 0. The van der Waals surface area contributed by atoms with Crippen LogP contribution in [0.1, 0.15) is 37.8 Å². The molecular weight excluding hydrogens is 314 g/mol. The van der Waals surface area contributed by atoms with Crippen LogP contribution in [-0.2, 0) is 11.2 Å². The van der Waals surface area contributed by atoms with E-state index in [1.165, 1.54) is 18.4 Å². The number of primary amides is 1. The number of nitrogens with two attached hydrogens (primary N) is 1. The lowest BCUT2D eigenvalue weighted by Crippen LogP contribution is -2.40. The number of carbonyl (C=O) groups excluding carboxylic acids is 1. The Labute approximate surface area is 147 Å². The molecule has 1 unspecified atom stereocenters. The van der Waals surface area contributed by atoms with Crippen LogP contribution in [0.25, 0.3) is 0 Å². The van der Waals surface area contributed by atoms with Gasteiger partial charge in [-0.2, -0.15) is 0 Å². The van der Waals surface area contributed by atoms with Gasteiger partial charge in [-0.05, 0) is 56.7 Å². The molecule has 1 saturated carbocycles. The molecule has 1 aromatic carbocycles. The average Bonchev–Trinajstić information content (AvgIpc) is 3.25. The highest BCUT2D eigenvalue weighted by Gasteiger charge is 2.43. The molecule has 130 valence electrons. The van der Waals surface area contributed by atoms with Crippen molar-refractivity contribution in [3.8, 4) is 11.5 Å². The highest BCUT2D eigenvalue weighted by atomic mass is 28.3. The lowest BCUT2D eigenvalue weighted by atomic mass is 9.81. The van der Waals surface area contributed by atoms with Crippen molar-refractivity contribution in [1.29, 1.82) is 0 Å². The Morgan fingerprint density at radius 3 is 2.33 bits per heavy atom. The Kier molecular flexibility index (Phi) is 5.44. The minimum absolute atomic E-state index is 0.295. The van der Waals surface area contributed by atoms with E-state index in [1.54, 1.807) is 0 Å². The zero-order valence-electron chi connectivity index (χ0n) is 15.5. The number of benzene rings is 1. The molecule has 0 heterocycles. The molecule has 0 bridgehead atoms. The highest BCUT2D eigenvalue weighted by molar-refractivity contribution is 6.83. The molecule has 0 spiro atoms. The van der Waals surface area contributed by atoms with Crippen LogP contribution >= 0.6 is 0 Å². The van der Waals surface area contributed by atoms with Gasteiger partial charge in [0.15, 0.2) is 0 Å². The van der Waals surface area contributed by atoms with E-state index in [9.17, 15) is 4.79 Å². The van der Waals surface area contributed by atoms with Gasteiger partial charge in [0.2, 0.25) is 0 Å². The number of hydrogen-bond acceptors (Lipinski definition) is 2. The summed E-state index contributed by atoms with van der Waals surface area (Å²) in [6, 6.07) is 8.47. The Bertz CT molecular complexity index is 643. The first-order valence-electron chi connectivity index (χ1n) is 8.67. The van der Waals surface area contributed by atoms with E-state index in [-0.39, 0.29) is 0 Å². The largest absolute Gasteiger partial charge is 0.443 e. The Balaban J connectivity index is 2.10. The molecule has 0 aromatic heterocycles. The second-order valence-corrected chi connectivity index (χ2v) is 13.1. The lowest BCUT2D eigenvalue weighted by Gasteiger charge is -2.33. The summed E-state index contributed by atoms with van der Waals surface area (Å²) in [6.07, 6.45) is 2.61. The van der Waals surface area contributed by atoms with E-state index in [0.717, 1.165) is 12.0 Å². The van der Waals surface area contributed by atoms with Crippen molar-refractivity contribution in [3.63, 3.8) is 0 Å². The fraction of sp³-hybridized carbons (Fsp3) is 0.550. The summed E-state index contributed by atoms with van der Waals surface area (Å²) in [5.41, 5.74) is 10.4. The topological polar surface area (TPSA) is 52.3 Å². The Morgan fingerprint density at radius 2 is 1.88 bits per heavy atom. The molecule has 1 amide bonds. The second kappa shape index (κ2) is 7.02. The van der Waals surface area contributed by atoms with Crippen molar-refractivity contribution >= 4 is 14.2 Å². The van der Waals surface area contributed by atoms with Gasteiger partial charge in [0.25, 0.3) is 0 Å². The zero-order valence-corrected chi connectivity index (χ0v) is 16.5. The third-order valence-corrected chi connectivity index (χ3v) is 5.31. The molecule has 2 rings (SSSR count). The third kappa shape index (κ3) is 5.72. The molecule has 1 aromatic rings. The van der Waals surface area contributed by atoms with Crippen molar-refractivity contribution in [1.82, 2.24) is 0 Å². The maximum absolute atomic E-state index is 11.2. The van der Waals surface area contributed by atoms with Crippen molar-refractivity contribution in [2.24, 2.45) is 17.6 Å². The molecule has 24 heavy (non-hydrogen) atoms. The van der Waals surface area contributed by atoms with Gasteiger partial charge in [0.1, 0.15) is 13.7 Å². The molecule has 1 atom stereocenters. The van der Waals surface area contributed by atoms with Crippen LogP contribution in [0, 0.1) is 23.3 Å². The van der Waals surface area contributed by atoms with Crippen molar-refractivity contribution in [2.75, 3.05) is 0 Å². The van der Waals surface area contributed by atoms with Gasteiger partial charge >= 0.3 is 6.09 Å². The molecule has 0 radical (unpaired) electrons. The SMILES string of the molecule is CC(C)(OC(N)=O)C(Cc1ccc(C#C[Si](C)(C)C)cc1)C1CC1. The number of carbonyl (C=O) groups is 1. The number of amides is 1. The Morgan fingerprint density at radius 1 is 1.29 bits per heavy atom. The first-order valence-corrected chi connectivity index (χ1v) is 12.2.